The first-order valence-corrected chi connectivity index (χ1v) is 5.81. The molecule has 0 fully saturated rings. The summed E-state index contributed by atoms with van der Waals surface area (Å²) in [5, 5.41) is 0.649. The number of hydrogen-bond donors (Lipinski definition) is 0. The number of halogens is 1. The van der Waals surface area contributed by atoms with E-state index in [1.54, 1.807) is 36.7 Å². The van der Waals surface area contributed by atoms with Crippen LogP contribution < -0.4 is 0 Å². The number of pyridine rings is 1. The third-order valence-corrected chi connectivity index (χ3v) is 2.81. The molecule has 1 aromatic carbocycles. The third kappa shape index (κ3) is 4.54. The molecule has 2 rings (SSSR count). The van der Waals surface area contributed by atoms with Gasteiger partial charge in [0.25, 0.3) is 0 Å². The summed E-state index contributed by atoms with van der Waals surface area (Å²) in [5.74, 6) is 0.137. The van der Waals surface area contributed by atoms with Crippen molar-refractivity contribution in [2.45, 2.75) is 12.8 Å². The van der Waals surface area contributed by atoms with Crippen molar-refractivity contribution in [1.29, 1.82) is 0 Å². The minimum atomic E-state index is 0. The van der Waals surface area contributed by atoms with Gasteiger partial charge in [-0.1, -0.05) is 11.6 Å². The fraction of sp³-hybridized carbons (Fsp3) is 0.143. The maximum absolute atomic E-state index is 11.9. The number of carbonyl (C=O) groups excluding carboxylic acids is 1. The van der Waals surface area contributed by atoms with Crippen LogP contribution in [0.4, 0.5) is 0 Å². The molecule has 0 N–H and O–H groups in total. The van der Waals surface area contributed by atoms with E-state index in [1.807, 2.05) is 12.1 Å². The van der Waals surface area contributed by atoms with Crippen molar-refractivity contribution in [2.24, 2.45) is 0 Å². The Bertz CT molecular complexity index is 499. The summed E-state index contributed by atoms with van der Waals surface area (Å²) in [7, 11) is 0. The van der Waals surface area contributed by atoms with Crippen LogP contribution in [0, 0.1) is 0 Å². The van der Waals surface area contributed by atoms with Gasteiger partial charge in [0, 0.05) is 29.4 Å². The molecule has 1 heterocycles. The third-order valence-electron chi connectivity index (χ3n) is 2.56. The van der Waals surface area contributed by atoms with E-state index >= 15 is 0 Å². The van der Waals surface area contributed by atoms with Crippen molar-refractivity contribution >= 4 is 46.9 Å². The molecule has 0 atom stereocenters. The Kier molecular flexibility index (Phi) is 6.58. The number of aromatic nitrogens is 1. The number of aryl methyl sites for hydroxylation is 1. The Hall–Kier alpha value is -0.670. The zero-order valence-corrected chi connectivity index (χ0v) is 10.0. The Morgan fingerprint density at radius 1 is 1.06 bits per heavy atom. The Morgan fingerprint density at radius 3 is 2.28 bits per heavy atom. The molecule has 0 amide bonds. The van der Waals surface area contributed by atoms with Crippen molar-refractivity contribution in [1.82, 2.24) is 4.98 Å². The van der Waals surface area contributed by atoms with Gasteiger partial charge < -0.3 is 0 Å². The zero-order valence-electron chi connectivity index (χ0n) is 9.27. The van der Waals surface area contributed by atoms with Gasteiger partial charge in [-0.3, -0.25) is 9.78 Å². The monoisotopic (exact) mass is 269 g/mol. The number of hydrogen-bond acceptors (Lipinski definition) is 2. The Labute approximate surface area is 134 Å². The molecule has 0 spiro atoms. The molecule has 0 saturated carbocycles. The molecule has 1 aromatic heterocycles. The summed E-state index contributed by atoms with van der Waals surface area (Å²) in [6.45, 7) is 0. The SMILES string of the molecule is O=C(CCc1ccncc1)c1ccc(Cl)cc1.[NaH]. The molecule has 0 radical (unpaired) electrons. The average Bonchev–Trinajstić information content (AvgIpc) is 2.38. The van der Waals surface area contributed by atoms with Crippen molar-refractivity contribution in [2.75, 3.05) is 0 Å². The summed E-state index contributed by atoms with van der Waals surface area (Å²) in [6.07, 6.45) is 4.72. The first-order chi connectivity index (χ1) is 8.25. The first kappa shape index (κ1) is 15.4. The summed E-state index contributed by atoms with van der Waals surface area (Å²) < 4.78 is 0. The van der Waals surface area contributed by atoms with Crippen molar-refractivity contribution in [3.63, 3.8) is 0 Å². The number of Topliss-reactive ketones (excluding diaryl/α,β-unsaturated/α-hetero) is 1. The normalized spacial score (nSPS) is 9.61. The van der Waals surface area contributed by atoms with Crippen molar-refractivity contribution < 1.29 is 4.79 Å². The second-order valence-electron chi connectivity index (χ2n) is 3.79. The van der Waals surface area contributed by atoms with Crippen LogP contribution in [0.15, 0.2) is 48.8 Å². The fourth-order valence-electron chi connectivity index (χ4n) is 1.59. The van der Waals surface area contributed by atoms with E-state index in [1.165, 1.54) is 0 Å². The number of benzene rings is 1. The molecule has 0 aliphatic carbocycles. The van der Waals surface area contributed by atoms with Gasteiger partial charge in [0.2, 0.25) is 0 Å². The molecule has 4 heteroatoms. The van der Waals surface area contributed by atoms with E-state index in [0.29, 0.717) is 17.0 Å². The van der Waals surface area contributed by atoms with Crippen LogP contribution in [0.5, 0.6) is 0 Å². The molecule has 0 aliphatic heterocycles. The van der Waals surface area contributed by atoms with Crippen LogP contribution in [0.25, 0.3) is 0 Å². The molecule has 0 unspecified atom stereocenters. The van der Waals surface area contributed by atoms with Crippen LogP contribution in [-0.4, -0.2) is 40.3 Å². The number of rotatable bonds is 4. The molecule has 2 aromatic rings. The second-order valence-corrected chi connectivity index (χ2v) is 4.22. The standard InChI is InChI=1S/C14H12ClNO.Na.H/c15-13-4-2-12(3-5-13)14(17)6-1-11-7-9-16-10-8-11;;/h2-5,7-10H,1,6H2;;. The van der Waals surface area contributed by atoms with E-state index in [2.05, 4.69) is 4.98 Å². The topological polar surface area (TPSA) is 30.0 Å². The first-order valence-electron chi connectivity index (χ1n) is 5.43. The molecule has 88 valence electrons. The van der Waals surface area contributed by atoms with E-state index in [9.17, 15) is 4.79 Å². The van der Waals surface area contributed by atoms with Crippen molar-refractivity contribution in [3.8, 4) is 0 Å². The number of nitrogens with zero attached hydrogens (tertiary/aromatic N) is 1. The van der Waals surface area contributed by atoms with Gasteiger partial charge in [-0.2, -0.15) is 0 Å². The van der Waals surface area contributed by atoms with Crippen LogP contribution in [0.3, 0.4) is 0 Å². The van der Waals surface area contributed by atoms with E-state index < -0.39 is 0 Å². The quantitative estimate of drug-likeness (QED) is 0.631. The number of carbonyl (C=O) groups is 1. The van der Waals surface area contributed by atoms with E-state index in [-0.39, 0.29) is 35.3 Å². The van der Waals surface area contributed by atoms with Gasteiger partial charge in [0.15, 0.2) is 5.78 Å². The molecule has 0 bridgehead atoms. The van der Waals surface area contributed by atoms with E-state index in [0.717, 1.165) is 12.0 Å². The Morgan fingerprint density at radius 2 is 1.67 bits per heavy atom. The second kappa shape index (κ2) is 7.70. The summed E-state index contributed by atoms with van der Waals surface area (Å²) in [6, 6.07) is 10.8. The van der Waals surface area contributed by atoms with Gasteiger partial charge in [0.1, 0.15) is 0 Å². The van der Waals surface area contributed by atoms with Gasteiger partial charge in [-0.05, 0) is 48.4 Å². The molecule has 2 nitrogen and oxygen atoms in total. The van der Waals surface area contributed by atoms with Crippen LogP contribution in [-0.2, 0) is 6.42 Å². The van der Waals surface area contributed by atoms with Gasteiger partial charge in [0.05, 0.1) is 0 Å². The van der Waals surface area contributed by atoms with Crippen LogP contribution >= 0.6 is 11.6 Å². The molecule has 18 heavy (non-hydrogen) atoms. The average molecular weight is 270 g/mol. The number of ketones is 1. The maximum atomic E-state index is 11.9. The van der Waals surface area contributed by atoms with Gasteiger partial charge in [-0.25, -0.2) is 0 Å². The predicted molar refractivity (Wildman–Crippen MR) is 75.5 cm³/mol. The molecule has 0 aliphatic rings. The minimum absolute atomic E-state index is 0. The van der Waals surface area contributed by atoms with Crippen molar-refractivity contribution in [3.05, 3.63) is 64.9 Å². The van der Waals surface area contributed by atoms with Crippen LogP contribution in [0.2, 0.25) is 5.02 Å². The summed E-state index contributed by atoms with van der Waals surface area (Å²) >= 11 is 5.77. The molecule has 0 saturated heterocycles. The van der Waals surface area contributed by atoms with Gasteiger partial charge in [-0.15, -0.1) is 0 Å². The summed E-state index contributed by atoms with van der Waals surface area (Å²) in [5.41, 5.74) is 1.84. The molecular weight excluding hydrogens is 257 g/mol. The fourth-order valence-corrected chi connectivity index (χ4v) is 1.71. The van der Waals surface area contributed by atoms with Crippen LogP contribution in [0.1, 0.15) is 22.3 Å². The Balaban J connectivity index is 0.00000162. The zero-order chi connectivity index (χ0) is 12.1. The van der Waals surface area contributed by atoms with E-state index in [4.69, 9.17) is 11.6 Å². The summed E-state index contributed by atoms with van der Waals surface area (Å²) in [4.78, 5) is 15.8. The molecular formula is C14H13ClNNaO. The van der Waals surface area contributed by atoms with Gasteiger partial charge >= 0.3 is 29.6 Å². The predicted octanol–water partition coefficient (Wildman–Crippen LogP) is 2.90.